The van der Waals surface area contributed by atoms with Crippen molar-refractivity contribution in [1.29, 1.82) is 0 Å². The van der Waals surface area contributed by atoms with Crippen molar-refractivity contribution in [3.63, 3.8) is 0 Å². The summed E-state index contributed by atoms with van der Waals surface area (Å²) >= 11 is 0. The Kier molecular flexibility index (Phi) is 5.94. The molecular formula is C20H30N4O2. The number of carbonyl (C=O) groups is 2. The predicted molar refractivity (Wildman–Crippen MR) is 101 cm³/mol. The van der Waals surface area contributed by atoms with Gasteiger partial charge in [0.05, 0.1) is 12.1 Å². The molecule has 0 saturated carbocycles. The maximum Gasteiger partial charge on any atom is 0.239 e. The molecule has 2 heterocycles. The monoisotopic (exact) mass is 358 g/mol. The van der Waals surface area contributed by atoms with Gasteiger partial charge in [-0.1, -0.05) is 24.3 Å². The fourth-order valence-corrected chi connectivity index (χ4v) is 3.99. The molecule has 2 aliphatic heterocycles. The lowest BCUT2D eigenvalue weighted by atomic mass is 9.89. The lowest BCUT2D eigenvalue weighted by Gasteiger charge is -2.36. The average molecular weight is 358 g/mol. The molecule has 1 aromatic rings. The summed E-state index contributed by atoms with van der Waals surface area (Å²) in [6.07, 6.45) is 2.54. The standard InChI is InChI=1S/C20H30N4O2/c1-13(21)20(26)24-9-7-15(8-10-24)14(2)23-19(25)18-11-16-5-3-4-6-17(16)12-22-18/h3-6,13-15,18,22H,7-12,21H2,1-2H3,(H,23,25)/t13?,14?,18-/m1/s1. The normalized spacial score (nSPS) is 23.0. The van der Waals surface area contributed by atoms with Crippen molar-refractivity contribution < 1.29 is 9.59 Å². The van der Waals surface area contributed by atoms with Gasteiger partial charge in [-0.05, 0) is 50.2 Å². The van der Waals surface area contributed by atoms with Gasteiger partial charge in [0, 0.05) is 25.7 Å². The summed E-state index contributed by atoms with van der Waals surface area (Å²) in [6, 6.07) is 7.76. The maximum atomic E-state index is 12.7. The van der Waals surface area contributed by atoms with Crippen LogP contribution in [0, 0.1) is 5.92 Å². The lowest BCUT2D eigenvalue weighted by Crippen LogP contribution is -2.53. The maximum absolute atomic E-state index is 12.7. The molecule has 0 aliphatic carbocycles. The SMILES string of the molecule is CC(N)C(=O)N1CCC(C(C)NC(=O)[C@H]2Cc3ccccc3CN2)CC1. The minimum Gasteiger partial charge on any atom is -0.352 e. The van der Waals surface area contributed by atoms with Gasteiger partial charge in [0.1, 0.15) is 0 Å². The van der Waals surface area contributed by atoms with Crippen LogP contribution in [0.15, 0.2) is 24.3 Å². The molecule has 1 aromatic carbocycles. The van der Waals surface area contributed by atoms with E-state index < -0.39 is 6.04 Å². The Bertz CT molecular complexity index is 653. The number of likely N-dealkylation sites (tertiary alicyclic amines) is 1. The fraction of sp³-hybridized carbons (Fsp3) is 0.600. The van der Waals surface area contributed by atoms with E-state index in [4.69, 9.17) is 5.73 Å². The Morgan fingerprint density at radius 3 is 2.50 bits per heavy atom. The van der Waals surface area contributed by atoms with Crippen LogP contribution in [-0.4, -0.2) is 47.9 Å². The highest BCUT2D eigenvalue weighted by molar-refractivity contribution is 5.83. The first-order valence-corrected chi connectivity index (χ1v) is 9.60. The van der Waals surface area contributed by atoms with Crippen LogP contribution in [0.5, 0.6) is 0 Å². The van der Waals surface area contributed by atoms with Crippen LogP contribution < -0.4 is 16.4 Å². The Hall–Kier alpha value is -1.92. The number of fused-ring (bicyclic) bond motifs is 1. The number of piperidine rings is 1. The second-order valence-electron chi connectivity index (χ2n) is 7.65. The van der Waals surface area contributed by atoms with Gasteiger partial charge in [0.15, 0.2) is 0 Å². The summed E-state index contributed by atoms with van der Waals surface area (Å²) in [5, 5.41) is 6.53. The van der Waals surface area contributed by atoms with Crippen LogP contribution in [0.2, 0.25) is 0 Å². The molecule has 0 spiro atoms. The third kappa shape index (κ3) is 4.24. The van der Waals surface area contributed by atoms with E-state index >= 15 is 0 Å². The van der Waals surface area contributed by atoms with E-state index in [1.54, 1.807) is 6.92 Å². The van der Waals surface area contributed by atoms with Gasteiger partial charge >= 0.3 is 0 Å². The molecule has 1 saturated heterocycles. The second-order valence-corrected chi connectivity index (χ2v) is 7.65. The summed E-state index contributed by atoms with van der Waals surface area (Å²) in [7, 11) is 0. The Morgan fingerprint density at radius 2 is 1.85 bits per heavy atom. The predicted octanol–water partition coefficient (Wildman–Crippen LogP) is 0.791. The first-order valence-electron chi connectivity index (χ1n) is 9.60. The molecule has 0 aromatic heterocycles. The van der Waals surface area contributed by atoms with E-state index in [9.17, 15) is 9.59 Å². The number of amides is 2. The van der Waals surface area contributed by atoms with Crippen LogP contribution in [0.25, 0.3) is 0 Å². The van der Waals surface area contributed by atoms with Crippen molar-refractivity contribution in [2.45, 2.75) is 57.8 Å². The number of benzene rings is 1. The number of hydrogen-bond donors (Lipinski definition) is 3. The zero-order chi connectivity index (χ0) is 18.7. The molecule has 3 rings (SSSR count). The van der Waals surface area contributed by atoms with Crippen molar-refractivity contribution in [2.24, 2.45) is 11.7 Å². The van der Waals surface area contributed by atoms with Crippen molar-refractivity contribution in [1.82, 2.24) is 15.5 Å². The van der Waals surface area contributed by atoms with Gasteiger partial charge in [0.25, 0.3) is 0 Å². The van der Waals surface area contributed by atoms with E-state index in [0.717, 1.165) is 38.9 Å². The van der Waals surface area contributed by atoms with Gasteiger partial charge in [-0.3, -0.25) is 9.59 Å². The Morgan fingerprint density at radius 1 is 1.19 bits per heavy atom. The number of rotatable bonds is 4. The summed E-state index contributed by atoms with van der Waals surface area (Å²) in [5.41, 5.74) is 8.21. The van der Waals surface area contributed by atoms with Gasteiger partial charge in [-0.2, -0.15) is 0 Å². The van der Waals surface area contributed by atoms with Gasteiger partial charge < -0.3 is 21.3 Å². The zero-order valence-corrected chi connectivity index (χ0v) is 15.7. The lowest BCUT2D eigenvalue weighted by molar-refractivity contribution is -0.134. The van der Waals surface area contributed by atoms with Crippen LogP contribution in [0.4, 0.5) is 0 Å². The van der Waals surface area contributed by atoms with E-state index in [0.29, 0.717) is 5.92 Å². The molecule has 2 aliphatic rings. The van der Waals surface area contributed by atoms with Gasteiger partial charge in [-0.25, -0.2) is 0 Å². The van der Waals surface area contributed by atoms with E-state index in [1.807, 2.05) is 17.0 Å². The third-order valence-electron chi connectivity index (χ3n) is 5.72. The topological polar surface area (TPSA) is 87.5 Å². The van der Waals surface area contributed by atoms with Crippen molar-refractivity contribution in [2.75, 3.05) is 13.1 Å². The van der Waals surface area contributed by atoms with E-state index in [1.165, 1.54) is 11.1 Å². The smallest absolute Gasteiger partial charge is 0.239 e. The molecule has 142 valence electrons. The zero-order valence-electron chi connectivity index (χ0n) is 15.7. The fourth-order valence-electron chi connectivity index (χ4n) is 3.99. The molecule has 2 amide bonds. The first kappa shape index (κ1) is 18.9. The minimum atomic E-state index is -0.441. The summed E-state index contributed by atoms with van der Waals surface area (Å²) < 4.78 is 0. The van der Waals surface area contributed by atoms with Crippen LogP contribution in [0.1, 0.15) is 37.8 Å². The largest absolute Gasteiger partial charge is 0.352 e. The van der Waals surface area contributed by atoms with Crippen molar-refractivity contribution in [3.8, 4) is 0 Å². The third-order valence-corrected chi connectivity index (χ3v) is 5.72. The van der Waals surface area contributed by atoms with Crippen molar-refractivity contribution in [3.05, 3.63) is 35.4 Å². The summed E-state index contributed by atoms with van der Waals surface area (Å²) in [4.78, 5) is 26.5. The number of nitrogens with one attached hydrogen (secondary N) is 2. The van der Waals surface area contributed by atoms with Gasteiger partial charge in [-0.15, -0.1) is 0 Å². The van der Waals surface area contributed by atoms with Crippen LogP contribution >= 0.6 is 0 Å². The second kappa shape index (κ2) is 8.18. The highest BCUT2D eigenvalue weighted by Crippen LogP contribution is 2.22. The summed E-state index contributed by atoms with van der Waals surface area (Å²) in [5.74, 6) is 0.484. The first-order chi connectivity index (χ1) is 12.5. The molecule has 0 radical (unpaired) electrons. The summed E-state index contributed by atoms with van der Waals surface area (Å²) in [6.45, 7) is 5.98. The molecule has 4 N–H and O–H groups in total. The Labute approximate surface area is 155 Å². The molecule has 3 atom stereocenters. The molecule has 6 heteroatoms. The molecule has 26 heavy (non-hydrogen) atoms. The quantitative estimate of drug-likeness (QED) is 0.743. The van der Waals surface area contributed by atoms with E-state index in [-0.39, 0.29) is 23.9 Å². The van der Waals surface area contributed by atoms with E-state index in [2.05, 4.69) is 29.7 Å². The average Bonchev–Trinajstić information content (AvgIpc) is 2.67. The van der Waals surface area contributed by atoms with Crippen LogP contribution in [0.3, 0.4) is 0 Å². The Balaban J connectivity index is 1.49. The number of nitrogens with two attached hydrogens (primary N) is 1. The number of nitrogens with zero attached hydrogens (tertiary/aromatic N) is 1. The molecule has 0 bridgehead atoms. The van der Waals surface area contributed by atoms with Crippen LogP contribution in [-0.2, 0) is 22.6 Å². The molecule has 6 nitrogen and oxygen atoms in total. The number of hydrogen-bond acceptors (Lipinski definition) is 4. The van der Waals surface area contributed by atoms with Gasteiger partial charge in [0.2, 0.25) is 11.8 Å². The molecule has 1 fully saturated rings. The number of carbonyl (C=O) groups excluding carboxylic acids is 2. The van der Waals surface area contributed by atoms with Crippen molar-refractivity contribution >= 4 is 11.8 Å². The highest BCUT2D eigenvalue weighted by atomic mass is 16.2. The molecule has 2 unspecified atom stereocenters. The minimum absolute atomic E-state index is 0.0187. The molecular weight excluding hydrogens is 328 g/mol. The highest BCUT2D eigenvalue weighted by Gasteiger charge is 2.30.